The fourth-order valence-corrected chi connectivity index (χ4v) is 3.59. The van der Waals surface area contributed by atoms with Gasteiger partial charge in [-0.1, -0.05) is 25.4 Å². The van der Waals surface area contributed by atoms with Crippen LogP contribution in [0.15, 0.2) is 12.1 Å². The molecule has 5 nitrogen and oxygen atoms in total. The molecule has 2 N–H and O–H groups in total. The summed E-state index contributed by atoms with van der Waals surface area (Å²) in [4.78, 5) is 12.8. The van der Waals surface area contributed by atoms with Gasteiger partial charge >= 0.3 is 0 Å². The Morgan fingerprint density at radius 2 is 2.29 bits per heavy atom. The van der Waals surface area contributed by atoms with Gasteiger partial charge in [0, 0.05) is 6.54 Å². The third-order valence-electron chi connectivity index (χ3n) is 4.36. The number of benzene rings is 1. The standard InChI is InChI=1S/C14H17ClN4OS/c1-8(2)14(5-6-16-7-14)13(20)17-11-9(15)3-4-10-12(11)19-21-18-10/h3-4,8,16H,5-7H2,1-2H3,(H,17,20). The Labute approximate surface area is 132 Å². The number of carbonyl (C=O) groups excluding carboxylic acids is 1. The van der Waals surface area contributed by atoms with Crippen LogP contribution in [0, 0.1) is 11.3 Å². The Balaban J connectivity index is 1.96. The first-order chi connectivity index (χ1) is 10.0. The minimum Gasteiger partial charge on any atom is -0.322 e. The van der Waals surface area contributed by atoms with Gasteiger partial charge in [-0.05, 0) is 31.0 Å². The van der Waals surface area contributed by atoms with Crippen LogP contribution in [0.4, 0.5) is 5.69 Å². The van der Waals surface area contributed by atoms with E-state index in [-0.39, 0.29) is 11.8 Å². The number of carbonyl (C=O) groups is 1. The molecule has 1 aliphatic heterocycles. The fraction of sp³-hybridized carbons (Fsp3) is 0.500. The second-order valence-corrected chi connectivity index (χ2v) is 6.68. The molecule has 1 aromatic heterocycles. The highest BCUT2D eigenvalue weighted by atomic mass is 35.5. The maximum absolute atomic E-state index is 12.8. The van der Waals surface area contributed by atoms with Gasteiger partial charge in [-0.25, -0.2) is 0 Å². The van der Waals surface area contributed by atoms with Crippen molar-refractivity contribution >= 4 is 46.0 Å². The first-order valence-corrected chi connectivity index (χ1v) is 8.08. The van der Waals surface area contributed by atoms with Gasteiger partial charge < -0.3 is 10.6 Å². The average molecular weight is 325 g/mol. The zero-order valence-corrected chi connectivity index (χ0v) is 13.5. The van der Waals surface area contributed by atoms with Crippen LogP contribution >= 0.6 is 23.3 Å². The molecular weight excluding hydrogens is 308 g/mol. The maximum atomic E-state index is 12.8. The van der Waals surface area contributed by atoms with Crippen LogP contribution in [-0.4, -0.2) is 27.7 Å². The Bertz CT molecular complexity index is 679. The molecule has 0 spiro atoms. The Morgan fingerprint density at radius 3 is 2.95 bits per heavy atom. The van der Waals surface area contributed by atoms with Crippen molar-refractivity contribution in [2.75, 3.05) is 18.4 Å². The second kappa shape index (κ2) is 5.51. The lowest BCUT2D eigenvalue weighted by Gasteiger charge is -2.31. The van der Waals surface area contributed by atoms with Crippen LogP contribution < -0.4 is 10.6 Å². The summed E-state index contributed by atoms with van der Waals surface area (Å²) in [6.45, 7) is 5.72. The van der Waals surface area contributed by atoms with Gasteiger partial charge in [0.05, 0.1) is 27.9 Å². The van der Waals surface area contributed by atoms with Crippen molar-refractivity contribution in [3.05, 3.63) is 17.2 Å². The minimum absolute atomic E-state index is 0.00454. The average Bonchev–Trinajstić information content (AvgIpc) is 3.10. The number of anilines is 1. The molecule has 1 fully saturated rings. The molecule has 0 saturated carbocycles. The van der Waals surface area contributed by atoms with E-state index in [4.69, 9.17) is 11.6 Å². The minimum atomic E-state index is -0.394. The largest absolute Gasteiger partial charge is 0.322 e. The molecule has 1 aliphatic rings. The van der Waals surface area contributed by atoms with Crippen molar-refractivity contribution in [2.45, 2.75) is 20.3 Å². The van der Waals surface area contributed by atoms with E-state index >= 15 is 0 Å². The van der Waals surface area contributed by atoms with Gasteiger partial charge in [-0.2, -0.15) is 8.75 Å². The van der Waals surface area contributed by atoms with Crippen molar-refractivity contribution in [1.29, 1.82) is 0 Å². The van der Waals surface area contributed by atoms with E-state index in [1.807, 2.05) is 6.07 Å². The van der Waals surface area contributed by atoms with E-state index in [9.17, 15) is 4.79 Å². The first kappa shape index (κ1) is 14.7. The normalized spacial score (nSPS) is 22.1. The Hall–Kier alpha value is -1.24. The van der Waals surface area contributed by atoms with Gasteiger partial charge in [0.25, 0.3) is 0 Å². The molecule has 1 aromatic carbocycles. The number of aromatic nitrogens is 2. The highest BCUT2D eigenvalue weighted by molar-refractivity contribution is 7.00. The lowest BCUT2D eigenvalue weighted by atomic mass is 9.75. The summed E-state index contributed by atoms with van der Waals surface area (Å²) >= 11 is 7.36. The van der Waals surface area contributed by atoms with Crippen LogP contribution in [0.2, 0.25) is 5.02 Å². The third kappa shape index (κ3) is 2.41. The molecule has 0 bridgehead atoms. The number of hydrogen-bond acceptors (Lipinski definition) is 5. The topological polar surface area (TPSA) is 66.9 Å². The number of nitrogens with zero attached hydrogens (tertiary/aromatic N) is 2. The predicted octanol–water partition coefficient (Wildman–Crippen LogP) is 2.92. The van der Waals surface area contributed by atoms with Gasteiger partial charge in [0.1, 0.15) is 11.0 Å². The second-order valence-electron chi connectivity index (χ2n) is 5.75. The molecule has 1 atom stereocenters. The van der Waals surface area contributed by atoms with Crippen LogP contribution in [-0.2, 0) is 4.79 Å². The molecule has 0 radical (unpaired) electrons. The molecule has 112 valence electrons. The molecule has 3 rings (SSSR count). The summed E-state index contributed by atoms with van der Waals surface area (Å²) in [5.74, 6) is 0.254. The van der Waals surface area contributed by atoms with Gasteiger partial charge in [-0.3, -0.25) is 4.79 Å². The summed E-state index contributed by atoms with van der Waals surface area (Å²) in [6.07, 6.45) is 0.833. The fourth-order valence-electron chi connectivity index (χ4n) is 2.84. The van der Waals surface area contributed by atoms with E-state index in [0.717, 1.165) is 30.2 Å². The van der Waals surface area contributed by atoms with E-state index in [0.29, 0.717) is 22.8 Å². The Kier molecular flexibility index (Phi) is 3.86. The molecular formula is C14H17ClN4OS. The van der Waals surface area contributed by atoms with Crippen LogP contribution in [0.5, 0.6) is 0 Å². The Morgan fingerprint density at radius 1 is 1.48 bits per heavy atom. The van der Waals surface area contributed by atoms with Crippen molar-refractivity contribution in [2.24, 2.45) is 11.3 Å². The van der Waals surface area contributed by atoms with Crippen molar-refractivity contribution < 1.29 is 4.79 Å². The van der Waals surface area contributed by atoms with Crippen molar-refractivity contribution in [1.82, 2.24) is 14.1 Å². The number of fused-ring (bicyclic) bond motifs is 1. The number of nitrogens with one attached hydrogen (secondary N) is 2. The highest BCUT2D eigenvalue weighted by Gasteiger charge is 2.44. The summed E-state index contributed by atoms with van der Waals surface area (Å²) < 4.78 is 8.43. The van der Waals surface area contributed by atoms with Crippen LogP contribution in [0.3, 0.4) is 0 Å². The summed E-state index contributed by atoms with van der Waals surface area (Å²) in [5, 5.41) is 6.78. The van der Waals surface area contributed by atoms with Gasteiger partial charge in [0.15, 0.2) is 0 Å². The van der Waals surface area contributed by atoms with Gasteiger partial charge in [-0.15, -0.1) is 0 Å². The number of amides is 1. The summed E-state index contributed by atoms with van der Waals surface area (Å²) in [6, 6.07) is 3.56. The SMILES string of the molecule is CC(C)C1(C(=O)Nc2c(Cl)ccc3nsnc23)CCNC1. The van der Waals surface area contributed by atoms with Crippen molar-refractivity contribution in [3.8, 4) is 0 Å². The quantitative estimate of drug-likeness (QED) is 0.911. The maximum Gasteiger partial charge on any atom is 0.232 e. The van der Waals surface area contributed by atoms with E-state index in [2.05, 4.69) is 33.2 Å². The number of rotatable bonds is 3. The van der Waals surface area contributed by atoms with Crippen LogP contribution in [0.1, 0.15) is 20.3 Å². The van der Waals surface area contributed by atoms with E-state index in [1.165, 1.54) is 0 Å². The molecule has 1 unspecified atom stereocenters. The number of halogens is 1. The predicted molar refractivity (Wildman–Crippen MR) is 85.8 cm³/mol. The van der Waals surface area contributed by atoms with E-state index < -0.39 is 5.41 Å². The zero-order valence-electron chi connectivity index (χ0n) is 11.9. The smallest absolute Gasteiger partial charge is 0.232 e. The number of hydrogen-bond donors (Lipinski definition) is 2. The lowest BCUT2D eigenvalue weighted by Crippen LogP contribution is -2.42. The first-order valence-electron chi connectivity index (χ1n) is 6.97. The summed E-state index contributed by atoms with van der Waals surface area (Å²) in [5.41, 5.74) is 1.59. The monoisotopic (exact) mass is 324 g/mol. The molecule has 2 aromatic rings. The van der Waals surface area contributed by atoms with E-state index in [1.54, 1.807) is 6.07 Å². The molecule has 21 heavy (non-hydrogen) atoms. The zero-order chi connectivity index (χ0) is 15.0. The van der Waals surface area contributed by atoms with Crippen LogP contribution in [0.25, 0.3) is 11.0 Å². The lowest BCUT2D eigenvalue weighted by molar-refractivity contribution is -0.126. The van der Waals surface area contributed by atoms with Gasteiger partial charge in [0.2, 0.25) is 5.91 Å². The summed E-state index contributed by atoms with van der Waals surface area (Å²) in [7, 11) is 0. The van der Waals surface area contributed by atoms with Crippen molar-refractivity contribution in [3.63, 3.8) is 0 Å². The molecule has 2 heterocycles. The third-order valence-corrected chi connectivity index (χ3v) is 5.22. The molecule has 1 saturated heterocycles. The molecule has 1 amide bonds. The highest BCUT2D eigenvalue weighted by Crippen LogP contribution is 2.37. The molecule has 7 heteroatoms. The molecule has 0 aliphatic carbocycles.